The van der Waals surface area contributed by atoms with Crippen LogP contribution < -0.4 is 11.2 Å². The highest BCUT2D eigenvalue weighted by Gasteiger charge is 2.47. The van der Waals surface area contributed by atoms with Crippen LogP contribution in [0, 0.1) is 6.92 Å². The van der Waals surface area contributed by atoms with Crippen molar-refractivity contribution in [2.45, 2.75) is 57.0 Å². The van der Waals surface area contributed by atoms with Crippen LogP contribution in [0.4, 0.5) is 4.39 Å². The first kappa shape index (κ1) is 17.8. The number of ether oxygens (including phenoxy) is 1. The normalized spacial score (nSPS) is 27.5. The van der Waals surface area contributed by atoms with Crippen LogP contribution in [-0.2, 0) is 10.5 Å². The molecule has 2 rings (SSSR count). The molecule has 0 amide bonds. The van der Waals surface area contributed by atoms with E-state index in [1.807, 2.05) is 0 Å². The van der Waals surface area contributed by atoms with Crippen molar-refractivity contribution < 1.29 is 19.3 Å². The number of aliphatic hydroxyl groups excluding tert-OH is 2. The molecule has 0 saturated carbocycles. The van der Waals surface area contributed by atoms with E-state index in [0.717, 1.165) is 0 Å². The zero-order chi connectivity index (χ0) is 17.0. The maximum atomic E-state index is 12.3. The first-order chi connectivity index (χ1) is 10.9. The number of nitrogens with one attached hydrogen (secondary N) is 1. The Hall–Kier alpha value is -1.51. The summed E-state index contributed by atoms with van der Waals surface area (Å²) in [5, 5.41) is 19.4. The lowest BCUT2D eigenvalue weighted by molar-refractivity contribution is -0.125. The number of hydrogen-bond acceptors (Lipinski definition) is 5. The Bertz CT molecular complexity index is 643. The average Bonchev–Trinajstić information content (AvgIpc) is 2.84. The van der Waals surface area contributed by atoms with Crippen LogP contribution in [-0.4, -0.2) is 45.3 Å². The quantitative estimate of drug-likeness (QED) is 0.618. The van der Waals surface area contributed by atoms with Crippen LogP contribution in [0.25, 0.3) is 0 Å². The van der Waals surface area contributed by atoms with Gasteiger partial charge in [-0.2, -0.15) is 0 Å². The van der Waals surface area contributed by atoms with E-state index in [4.69, 9.17) is 4.74 Å². The van der Waals surface area contributed by atoms with Gasteiger partial charge in [0, 0.05) is 18.2 Å². The van der Waals surface area contributed by atoms with Gasteiger partial charge in [0.1, 0.15) is 6.10 Å². The van der Waals surface area contributed by atoms with E-state index >= 15 is 0 Å². The van der Waals surface area contributed by atoms with Crippen molar-refractivity contribution in [3.05, 3.63) is 32.6 Å². The first-order valence-corrected chi connectivity index (χ1v) is 7.79. The lowest BCUT2D eigenvalue weighted by Crippen LogP contribution is -2.45. The zero-order valence-electron chi connectivity index (χ0n) is 13.1. The highest BCUT2D eigenvalue weighted by Crippen LogP contribution is 2.38. The molecule has 1 aromatic heterocycles. The van der Waals surface area contributed by atoms with Crippen molar-refractivity contribution in [1.82, 2.24) is 9.55 Å². The van der Waals surface area contributed by atoms with Crippen molar-refractivity contribution in [3.63, 3.8) is 0 Å². The number of hydrogen-bond donors (Lipinski definition) is 3. The van der Waals surface area contributed by atoms with Crippen molar-refractivity contribution in [1.29, 1.82) is 0 Å². The Morgan fingerprint density at radius 2 is 2.17 bits per heavy atom. The summed E-state index contributed by atoms with van der Waals surface area (Å²) >= 11 is 0. The number of halogens is 1. The Balaban J connectivity index is 2.36. The van der Waals surface area contributed by atoms with Crippen molar-refractivity contribution in [2.24, 2.45) is 0 Å². The molecule has 7 nitrogen and oxygen atoms in total. The Kier molecular flexibility index (Phi) is 5.72. The molecular formula is C15H23FN2O5. The topological polar surface area (TPSA) is 105 Å². The minimum Gasteiger partial charge on any atom is -0.394 e. The summed E-state index contributed by atoms with van der Waals surface area (Å²) in [6.45, 7) is 0.790. The highest BCUT2D eigenvalue weighted by molar-refractivity contribution is 5.04. The fraction of sp³-hybridized carbons (Fsp3) is 0.733. The number of nitrogens with zero attached hydrogens (tertiary/aromatic N) is 1. The van der Waals surface area contributed by atoms with Gasteiger partial charge in [0.2, 0.25) is 0 Å². The molecule has 3 N–H and O–H groups in total. The minimum absolute atomic E-state index is 0.124. The molecule has 2 heterocycles. The highest BCUT2D eigenvalue weighted by atomic mass is 19.1. The fourth-order valence-corrected chi connectivity index (χ4v) is 3.00. The van der Waals surface area contributed by atoms with Gasteiger partial charge in [-0.3, -0.25) is 18.7 Å². The van der Waals surface area contributed by atoms with Crippen LogP contribution in [0.5, 0.6) is 0 Å². The molecule has 1 aliphatic rings. The molecule has 0 radical (unpaired) electrons. The third-order valence-corrected chi connectivity index (χ3v) is 4.27. The second-order valence-corrected chi connectivity index (χ2v) is 6.00. The SMILES string of the molecule is Cc1cn([C@@]2(CCCCCF)C[C@H](O)[C@@H](CO)O2)c(=O)[nH]c1=O. The van der Waals surface area contributed by atoms with Gasteiger partial charge in [-0.1, -0.05) is 6.42 Å². The smallest absolute Gasteiger partial charge is 0.330 e. The molecule has 1 aromatic rings. The van der Waals surface area contributed by atoms with Crippen LogP contribution >= 0.6 is 0 Å². The summed E-state index contributed by atoms with van der Waals surface area (Å²) in [5.74, 6) is 0. The zero-order valence-corrected chi connectivity index (χ0v) is 13.1. The lowest BCUT2D eigenvalue weighted by atomic mass is 9.99. The molecule has 3 atom stereocenters. The summed E-state index contributed by atoms with van der Waals surface area (Å²) in [7, 11) is 0. The van der Waals surface area contributed by atoms with Crippen LogP contribution in [0.15, 0.2) is 15.8 Å². The summed E-state index contributed by atoms with van der Waals surface area (Å²) in [6, 6.07) is 0. The maximum Gasteiger partial charge on any atom is 0.330 e. The molecule has 0 aromatic carbocycles. The van der Waals surface area contributed by atoms with Crippen LogP contribution in [0.3, 0.4) is 0 Å². The monoisotopic (exact) mass is 330 g/mol. The fourth-order valence-electron chi connectivity index (χ4n) is 3.00. The van der Waals surface area contributed by atoms with Gasteiger partial charge in [-0.05, 0) is 26.2 Å². The second-order valence-electron chi connectivity index (χ2n) is 6.00. The number of unbranched alkanes of at least 4 members (excludes halogenated alkanes) is 2. The van der Waals surface area contributed by atoms with Gasteiger partial charge in [0.05, 0.1) is 19.4 Å². The molecular weight excluding hydrogens is 307 g/mol. The average molecular weight is 330 g/mol. The summed E-state index contributed by atoms with van der Waals surface area (Å²) < 4.78 is 19.3. The van der Waals surface area contributed by atoms with Crippen molar-refractivity contribution in [2.75, 3.05) is 13.3 Å². The Morgan fingerprint density at radius 3 is 2.78 bits per heavy atom. The van der Waals surface area contributed by atoms with Gasteiger partial charge in [0.25, 0.3) is 5.56 Å². The number of aromatic nitrogens is 2. The number of alkyl halides is 1. The molecule has 0 aliphatic carbocycles. The molecule has 1 saturated heterocycles. The Morgan fingerprint density at radius 1 is 1.43 bits per heavy atom. The third kappa shape index (κ3) is 3.70. The summed E-state index contributed by atoms with van der Waals surface area (Å²) in [6.07, 6.45) is 1.84. The van der Waals surface area contributed by atoms with Crippen molar-refractivity contribution in [3.8, 4) is 0 Å². The number of aryl methyl sites for hydroxylation is 1. The molecule has 8 heteroatoms. The van der Waals surface area contributed by atoms with Crippen molar-refractivity contribution >= 4 is 0 Å². The predicted molar refractivity (Wildman–Crippen MR) is 81.1 cm³/mol. The number of H-pyrrole nitrogens is 1. The maximum absolute atomic E-state index is 12.3. The number of aliphatic hydroxyl groups is 2. The number of rotatable bonds is 7. The largest absolute Gasteiger partial charge is 0.394 e. The standard InChI is InChI=1S/C15H23FN2O5/c1-10-8-18(14(22)17-13(10)21)15(5-3-2-4-6-16)7-11(20)12(9-19)23-15/h8,11-12,19-20H,2-7,9H2,1H3,(H,17,21,22)/t11-,12+,15+/m0/s1. The lowest BCUT2D eigenvalue weighted by Gasteiger charge is -2.31. The van der Waals surface area contributed by atoms with E-state index in [1.165, 1.54) is 10.8 Å². The van der Waals surface area contributed by atoms with Gasteiger partial charge >= 0.3 is 5.69 Å². The molecule has 0 unspecified atom stereocenters. The minimum atomic E-state index is -1.14. The van der Waals surface area contributed by atoms with Crippen LogP contribution in [0.1, 0.15) is 37.7 Å². The van der Waals surface area contributed by atoms with E-state index in [2.05, 4.69) is 4.98 Å². The first-order valence-electron chi connectivity index (χ1n) is 7.79. The van der Waals surface area contributed by atoms with Gasteiger partial charge in [-0.15, -0.1) is 0 Å². The second kappa shape index (κ2) is 7.37. The summed E-state index contributed by atoms with van der Waals surface area (Å²) in [5.41, 5.74) is -1.90. The van der Waals surface area contributed by atoms with Gasteiger partial charge < -0.3 is 14.9 Å². The van der Waals surface area contributed by atoms with E-state index in [-0.39, 0.29) is 13.0 Å². The van der Waals surface area contributed by atoms with E-state index < -0.39 is 35.9 Å². The molecule has 1 fully saturated rings. The number of aromatic amines is 1. The predicted octanol–water partition coefficient (Wildman–Crippen LogP) is 0.170. The van der Waals surface area contributed by atoms with E-state index in [9.17, 15) is 24.2 Å². The Labute approximate surface area is 132 Å². The third-order valence-electron chi connectivity index (χ3n) is 4.27. The van der Waals surface area contributed by atoms with Crippen LogP contribution in [0.2, 0.25) is 0 Å². The molecule has 0 bridgehead atoms. The van der Waals surface area contributed by atoms with Gasteiger partial charge in [-0.25, -0.2) is 4.79 Å². The summed E-state index contributed by atoms with van der Waals surface area (Å²) in [4.78, 5) is 26.0. The van der Waals surface area contributed by atoms with E-state index in [1.54, 1.807) is 6.92 Å². The molecule has 23 heavy (non-hydrogen) atoms. The molecule has 130 valence electrons. The van der Waals surface area contributed by atoms with E-state index in [0.29, 0.717) is 31.2 Å². The molecule has 1 aliphatic heterocycles. The molecule has 0 spiro atoms. The van der Waals surface area contributed by atoms with Gasteiger partial charge in [0.15, 0.2) is 5.72 Å².